The Kier molecular flexibility index (Phi) is 6.24. The van der Waals surface area contributed by atoms with Crippen LogP contribution in [0.5, 0.6) is 11.5 Å². The van der Waals surface area contributed by atoms with Gasteiger partial charge in [0.15, 0.2) is 11.5 Å². The van der Waals surface area contributed by atoms with Gasteiger partial charge in [-0.2, -0.15) is 0 Å². The fourth-order valence-corrected chi connectivity index (χ4v) is 2.67. The van der Waals surface area contributed by atoms with Crippen LogP contribution in [0.4, 0.5) is 5.69 Å². The van der Waals surface area contributed by atoms with Gasteiger partial charge in [0.1, 0.15) is 0 Å². The predicted octanol–water partition coefficient (Wildman–Crippen LogP) is 4.28. The molecule has 0 aliphatic carbocycles. The second-order valence-corrected chi connectivity index (χ2v) is 5.84. The van der Waals surface area contributed by atoms with Crippen LogP contribution in [-0.4, -0.2) is 19.6 Å². The quantitative estimate of drug-likeness (QED) is 0.825. The molecule has 0 bridgehead atoms. The van der Waals surface area contributed by atoms with Gasteiger partial charge < -0.3 is 14.8 Å². The molecule has 0 fully saturated rings. The smallest absolute Gasteiger partial charge is 0.224 e. The normalized spacial score (nSPS) is 10.3. The van der Waals surface area contributed by atoms with Gasteiger partial charge in [-0.3, -0.25) is 4.79 Å². The summed E-state index contributed by atoms with van der Waals surface area (Å²) in [5, 5.41) is 2.96. The lowest BCUT2D eigenvalue weighted by Crippen LogP contribution is -2.12. The van der Waals surface area contributed by atoms with E-state index < -0.39 is 0 Å². The minimum atomic E-state index is 0.00727. The summed E-state index contributed by atoms with van der Waals surface area (Å²) >= 11 is 0. The number of carbonyl (C=O) groups excluding carboxylic acids is 1. The van der Waals surface area contributed by atoms with Gasteiger partial charge >= 0.3 is 0 Å². The van der Waals surface area contributed by atoms with Crippen molar-refractivity contribution in [3.63, 3.8) is 0 Å². The number of rotatable bonds is 7. The van der Waals surface area contributed by atoms with E-state index in [1.165, 1.54) is 0 Å². The molecule has 24 heavy (non-hydrogen) atoms. The van der Waals surface area contributed by atoms with Gasteiger partial charge in [-0.15, -0.1) is 0 Å². The van der Waals surface area contributed by atoms with Crippen LogP contribution in [0.1, 0.15) is 30.0 Å². The Bertz CT molecular complexity index is 690. The van der Waals surface area contributed by atoms with E-state index >= 15 is 0 Å². The molecule has 0 radical (unpaired) electrons. The molecule has 0 heterocycles. The molecule has 4 nitrogen and oxygen atoms in total. The molecule has 0 aromatic heterocycles. The van der Waals surface area contributed by atoms with Gasteiger partial charge in [-0.25, -0.2) is 0 Å². The van der Waals surface area contributed by atoms with Crippen LogP contribution in [0.3, 0.4) is 0 Å². The highest BCUT2D eigenvalue weighted by Crippen LogP contribution is 2.28. The van der Waals surface area contributed by atoms with Crippen LogP contribution >= 0.6 is 0 Å². The average molecular weight is 327 g/mol. The summed E-state index contributed by atoms with van der Waals surface area (Å²) in [6.45, 7) is 6.57. The van der Waals surface area contributed by atoms with Crippen molar-refractivity contribution in [3.05, 3.63) is 53.1 Å². The molecule has 4 heteroatoms. The van der Waals surface area contributed by atoms with Crippen molar-refractivity contribution in [2.24, 2.45) is 0 Å². The molecule has 2 aromatic carbocycles. The number of hydrogen-bond acceptors (Lipinski definition) is 3. The van der Waals surface area contributed by atoms with Crippen molar-refractivity contribution in [2.75, 3.05) is 19.0 Å². The van der Waals surface area contributed by atoms with Gasteiger partial charge in [0.25, 0.3) is 0 Å². The Hall–Kier alpha value is -2.49. The first-order chi connectivity index (χ1) is 11.5. The zero-order valence-electron chi connectivity index (χ0n) is 14.8. The third-order valence-corrected chi connectivity index (χ3v) is 3.67. The first-order valence-corrected chi connectivity index (χ1v) is 8.19. The summed E-state index contributed by atoms with van der Waals surface area (Å²) in [5.74, 6) is 1.43. The number of methoxy groups -OCH3 is 1. The molecule has 128 valence electrons. The van der Waals surface area contributed by atoms with Crippen LogP contribution < -0.4 is 14.8 Å². The third kappa shape index (κ3) is 5.01. The lowest BCUT2D eigenvalue weighted by Gasteiger charge is -2.11. The average Bonchev–Trinajstić information content (AvgIpc) is 2.53. The summed E-state index contributed by atoms with van der Waals surface area (Å²) < 4.78 is 10.8. The van der Waals surface area contributed by atoms with E-state index in [9.17, 15) is 4.79 Å². The van der Waals surface area contributed by atoms with E-state index in [1.807, 2.05) is 51.1 Å². The SMILES string of the molecule is CCOc1ccc(CCC(=O)Nc2cc(C)cc(C)c2)cc1OC. The number of amides is 1. The maximum Gasteiger partial charge on any atom is 0.224 e. The van der Waals surface area contributed by atoms with E-state index in [1.54, 1.807) is 7.11 Å². The number of aryl methyl sites for hydroxylation is 3. The molecule has 2 aromatic rings. The Morgan fingerprint density at radius 2 is 1.75 bits per heavy atom. The van der Waals surface area contributed by atoms with E-state index in [2.05, 4.69) is 11.4 Å². The van der Waals surface area contributed by atoms with Gasteiger partial charge in [0.2, 0.25) is 5.91 Å². The highest BCUT2D eigenvalue weighted by molar-refractivity contribution is 5.91. The Labute approximate surface area is 143 Å². The second-order valence-electron chi connectivity index (χ2n) is 5.84. The molecule has 1 N–H and O–H groups in total. The molecule has 0 aliphatic rings. The maximum atomic E-state index is 12.2. The van der Waals surface area contributed by atoms with Crippen molar-refractivity contribution in [2.45, 2.75) is 33.6 Å². The van der Waals surface area contributed by atoms with E-state index in [4.69, 9.17) is 9.47 Å². The van der Waals surface area contributed by atoms with E-state index in [-0.39, 0.29) is 5.91 Å². The van der Waals surface area contributed by atoms with Gasteiger partial charge in [-0.05, 0) is 68.1 Å². The van der Waals surface area contributed by atoms with Gasteiger partial charge in [0.05, 0.1) is 13.7 Å². The van der Waals surface area contributed by atoms with Crippen LogP contribution in [0, 0.1) is 13.8 Å². The molecule has 0 saturated carbocycles. The molecule has 0 spiro atoms. The second kappa shape index (κ2) is 8.39. The molecule has 0 atom stereocenters. The summed E-state index contributed by atoms with van der Waals surface area (Å²) in [6, 6.07) is 11.8. The van der Waals surface area contributed by atoms with Gasteiger partial charge in [0, 0.05) is 12.1 Å². The van der Waals surface area contributed by atoms with E-state index in [0.717, 1.165) is 28.1 Å². The lowest BCUT2D eigenvalue weighted by atomic mass is 10.1. The fourth-order valence-electron chi connectivity index (χ4n) is 2.67. The highest BCUT2D eigenvalue weighted by atomic mass is 16.5. The Balaban J connectivity index is 1.96. The predicted molar refractivity (Wildman–Crippen MR) is 97.0 cm³/mol. The van der Waals surface area contributed by atoms with Crippen LogP contribution in [0.2, 0.25) is 0 Å². The van der Waals surface area contributed by atoms with Crippen molar-refractivity contribution >= 4 is 11.6 Å². The lowest BCUT2D eigenvalue weighted by molar-refractivity contribution is -0.116. The fraction of sp³-hybridized carbons (Fsp3) is 0.350. The van der Waals surface area contributed by atoms with Gasteiger partial charge in [-0.1, -0.05) is 12.1 Å². The minimum absolute atomic E-state index is 0.00727. The van der Waals surface area contributed by atoms with Crippen molar-refractivity contribution in [1.29, 1.82) is 0 Å². The number of hydrogen-bond donors (Lipinski definition) is 1. The molecular weight excluding hydrogens is 302 g/mol. The zero-order valence-corrected chi connectivity index (χ0v) is 14.8. The van der Waals surface area contributed by atoms with E-state index in [0.29, 0.717) is 25.2 Å². The number of nitrogens with one attached hydrogen (secondary N) is 1. The molecule has 0 aliphatic heterocycles. The largest absolute Gasteiger partial charge is 0.493 e. The van der Waals surface area contributed by atoms with Crippen LogP contribution in [0.25, 0.3) is 0 Å². The topological polar surface area (TPSA) is 47.6 Å². The van der Waals surface area contributed by atoms with Crippen LogP contribution in [0.15, 0.2) is 36.4 Å². The summed E-state index contributed by atoms with van der Waals surface area (Å²) in [7, 11) is 1.62. The zero-order chi connectivity index (χ0) is 17.5. The monoisotopic (exact) mass is 327 g/mol. The summed E-state index contributed by atoms with van der Waals surface area (Å²) in [6.07, 6.45) is 1.07. The molecule has 1 amide bonds. The third-order valence-electron chi connectivity index (χ3n) is 3.67. The van der Waals surface area contributed by atoms with Crippen molar-refractivity contribution in [1.82, 2.24) is 0 Å². The molecular formula is C20H25NO3. The highest BCUT2D eigenvalue weighted by Gasteiger charge is 2.08. The summed E-state index contributed by atoms with van der Waals surface area (Å²) in [4.78, 5) is 12.2. The summed E-state index contributed by atoms with van der Waals surface area (Å²) in [5.41, 5.74) is 4.18. The Morgan fingerprint density at radius 1 is 1.04 bits per heavy atom. The minimum Gasteiger partial charge on any atom is -0.493 e. The first-order valence-electron chi connectivity index (χ1n) is 8.19. The van der Waals surface area contributed by atoms with Crippen LogP contribution in [-0.2, 0) is 11.2 Å². The number of benzene rings is 2. The number of ether oxygens (including phenoxy) is 2. The molecule has 0 unspecified atom stereocenters. The molecule has 0 saturated heterocycles. The van der Waals surface area contributed by atoms with Crippen molar-refractivity contribution < 1.29 is 14.3 Å². The molecule has 2 rings (SSSR count). The first kappa shape index (κ1) is 17.9. The number of carbonyl (C=O) groups is 1. The maximum absolute atomic E-state index is 12.2. The Morgan fingerprint density at radius 3 is 2.38 bits per heavy atom. The number of anilines is 1. The van der Waals surface area contributed by atoms with Crippen molar-refractivity contribution in [3.8, 4) is 11.5 Å². The standard InChI is InChI=1S/C20H25NO3/c1-5-24-18-8-6-16(13-19(18)23-4)7-9-20(22)21-17-11-14(2)10-15(3)12-17/h6,8,10-13H,5,7,9H2,1-4H3,(H,21,22).